The number of pyridine rings is 1. The Kier molecular flexibility index (Phi) is 3.39. The van der Waals surface area contributed by atoms with Crippen LogP contribution in [-0.4, -0.2) is 16.5 Å². The van der Waals surface area contributed by atoms with Crippen molar-refractivity contribution in [3.05, 3.63) is 29.6 Å². The first-order valence-corrected chi connectivity index (χ1v) is 4.83. The van der Waals surface area contributed by atoms with Crippen LogP contribution in [-0.2, 0) is 5.60 Å². The van der Waals surface area contributed by atoms with Crippen LogP contribution in [0.3, 0.4) is 0 Å². The molecule has 0 aliphatic heterocycles. The Bertz CT molecular complexity index is 337. The van der Waals surface area contributed by atoms with Crippen molar-refractivity contribution >= 4 is 0 Å². The molecule has 4 heteroatoms. The van der Waals surface area contributed by atoms with E-state index in [4.69, 9.17) is 0 Å². The molecule has 1 heterocycles. The molecule has 0 bridgehead atoms. The lowest BCUT2D eigenvalue weighted by atomic mass is 10.0. The van der Waals surface area contributed by atoms with Crippen LogP contribution in [0, 0.1) is 0 Å². The van der Waals surface area contributed by atoms with Gasteiger partial charge in [0.2, 0.25) is 0 Å². The Hall–Kier alpha value is -1.03. The van der Waals surface area contributed by atoms with Crippen LogP contribution >= 0.6 is 0 Å². The molecule has 1 unspecified atom stereocenters. The maximum atomic E-state index is 12.5. The van der Waals surface area contributed by atoms with Crippen molar-refractivity contribution < 1.29 is 13.9 Å². The number of hydrogen-bond acceptors (Lipinski definition) is 2. The average Bonchev–Trinajstić information content (AvgIpc) is 2.17. The smallest absolute Gasteiger partial charge is 0.272 e. The molecule has 1 atom stereocenters. The fraction of sp³-hybridized carbons (Fsp3) is 0.545. The number of hydrogen-bond donors (Lipinski definition) is 1. The predicted molar refractivity (Wildman–Crippen MR) is 53.9 cm³/mol. The molecule has 0 aromatic carbocycles. The van der Waals surface area contributed by atoms with E-state index in [0.29, 0.717) is 5.69 Å². The number of aromatic nitrogens is 1. The lowest BCUT2D eigenvalue weighted by Gasteiger charge is -2.22. The van der Waals surface area contributed by atoms with Crippen LogP contribution in [0.4, 0.5) is 8.78 Å². The second kappa shape index (κ2) is 4.23. The highest BCUT2D eigenvalue weighted by molar-refractivity contribution is 5.18. The van der Waals surface area contributed by atoms with Gasteiger partial charge in [0, 0.05) is 5.69 Å². The molecule has 1 N–H and O–H groups in total. The van der Waals surface area contributed by atoms with Crippen molar-refractivity contribution in [2.75, 3.05) is 0 Å². The standard InChI is InChI=1S/C11H15F2NO/c1-7(2)8-5-4-6-9(14-8)11(3,15)10(12)13/h4-7,10,15H,1-3H3. The van der Waals surface area contributed by atoms with Gasteiger partial charge in [0.05, 0.1) is 5.69 Å². The molecule has 0 aliphatic rings. The van der Waals surface area contributed by atoms with E-state index in [2.05, 4.69) is 4.98 Å². The molecule has 0 aliphatic carbocycles. The largest absolute Gasteiger partial charge is 0.378 e. The summed E-state index contributed by atoms with van der Waals surface area (Å²) in [5, 5.41) is 9.56. The van der Waals surface area contributed by atoms with Crippen molar-refractivity contribution in [3.8, 4) is 0 Å². The van der Waals surface area contributed by atoms with E-state index in [9.17, 15) is 13.9 Å². The summed E-state index contributed by atoms with van der Waals surface area (Å²) >= 11 is 0. The molecular weight excluding hydrogens is 200 g/mol. The van der Waals surface area contributed by atoms with Gasteiger partial charge in [0.15, 0.2) is 5.60 Å². The first kappa shape index (κ1) is 12.0. The lowest BCUT2D eigenvalue weighted by molar-refractivity contribution is -0.0911. The normalized spacial score (nSPS) is 15.7. The zero-order valence-electron chi connectivity index (χ0n) is 9.04. The van der Waals surface area contributed by atoms with Crippen molar-refractivity contribution in [1.29, 1.82) is 0 Å². The topological polar surface area (TPSA) is 33.1 Å². The maximum absolute atomic E-state index is 12.5. The SMILES string of the molecule is CC(C)c1cccc(C(C)(O)C(F)F)n1. The zero-order chi connectivity index (χ0) is 11.6. The van der Waals surface area contributed by atoms with Crippen molar-refractivity contribution in [2.45, 2.75) is 38.7 Å². The fourth-order valence-corrected chi connectivity index (χ4v) is 1.17. The van der Waals surface area contributed by atoms with Gasteiger partial charge in [-0.1, -0.05) is 19.9 Å². The molecule has 1 aromatic heterocycles. The molecule has 0 amide bonds. The Morgan fingerprint density at radius 3 is 2.40 bits per heavy atom. The molecule has 1 rings (SSSR count). The van der Waals surface area contributed by atoms with E-state index in [1.54, 1.807) is 12.1 Å². The second-order valence-electron chi connectivity index (χ2n) is 4.05. The summed E-state index contributed by atoms with van der Waals surface area (Å²) < 4.78 is 25.1. The monoisotopic (exact) mass is 215 g/mol. The number of nitrogens with zero attached hydrogens (tertiary/aromatic N) is 1. The van der Waals surface area contributed by atoms with Gasteiger partial charge in [-0.05, 0) is 25.0 Å². The third-order valence-corrected chi connectivity index (χ3v) is 2.31. The minimum absolute atomic E-state index is 0.0173. The van der Waals surface area contributed by atoms with Gasteiger partial charge in [-0.3, -0.25) is 4.98 Å². The van der Waals surface area contributed by atoms with Crippen LogP contribution < -0.4 is 0 Å². The third-order valence-electron chi connectivity index (χ3n) is 2.31. The van der Waals surface area contributed by atoms with Crippen molar-refractivity contribution in [2.24, 2.45) is 0 Å². The van der Waals surface area contributed by atoms with Crippen LogP contribution in [0.25, 0.3) is 0 Å². The maximum Gasteiger partial charge on any atom is 0.272 e. The summed E-state index contributed by atoms with van der Waals surface area (Å²) in [5.74, 6) is 0.151. The van der Waals surface area contributed by atoms with E-state index in [-0.39, 0.29) is 11.6 Å². The molecule has 0 fully saturated rings. The van der Waals surface area contributed by atoms with Crippen LogP contribution in [0.2, 0.25) is 0 Å². The molecule has 1 aromatic rings. The Morgan fingerprint density at radius 2 is 1.93 bits per heavy atom. The minimum Gasteiger partial charge on any atom is -0.378 e. The summed E-state index contributed by atoms with van der Waals surface area (Å²) in [4.78, 5) is 4.04. The summed E-state index contributed by atoms with van der Waals surface area (Å²) in [5.41, 5.74) is -1.46. The van der Waals surface area contributed by atoms with Gasteiger partial charge in [0.1, 0.15) is 0 Å². The Balaban J connectivity index is 3.10. The summed E-state index contributed by atoms with van der Waals surface area (Å²) in [7, 11) is 0. The molecular formula is C11H15F2NO. The zero-order valence-corrected chi connectivity index (χ0v) is 9.04. The van der Waals surface area contributed by atoms with Crippen LogP contribution in [0.15, 0.2) is 18.2 Å². The number of rotatable bonds is 3. The highest BCUT2D eigenvalue weighted by Gasteiger charge is 2.35. The minimum atomic E-state index is -2.84. The molecule has 15 heavy (non-hydrogen) atoms. The van der Waals surface area contributed by atoms with Crippen LogP contribution in [0.1, 0.15) is 38.1 Å². The Labute approximate surface area is 88.0 Å². The van der Waals surface area contributed by atoms with E-state index in [0.717, 1.165) is 6.92 Å². The third kappa shape index (κ3) is 2.50. The highest BCUT2D eigenvalue weighted by Crippen LogP contribution is 2.27. The summed E-state index contributed by atoms with van der Waals surface area (Å²) in [6.07, 6.45) is -2.84. The van der Waals surface area contributed by atoms with E-state index in [1.807, 2.05) is 13.8 Å². The quantitative estimate of drug-likeness (QED) is 0.840. The van der Waals surface area contributed by atoms with Gasteiger partial charge < -0.3 is 5.11 Å². The number of aliphatic hydroxyl groups is 1. The van der Waals surface area contributed by atoms with Gasteiger partial charge in [-0.2, -0.15) is 0 Å². The Morgan fingerprint density at radius 1 is 1.33 bits per heavy atom. The van der Waals surface area contributed by atoms with Gasteiger partial charge in [-0.15, -0.1) is 0 Å². The highest BCUT2D eigenvalue weighted by atomic mass is 19.3. The average molecular weight is 215 g/mol. The van der Waals surface area contributed by atoms with Gasteiger partial charge in [-0.25, -0.2) is 8.78 Å². The van der Waals surface area contributed by atoms with E-state index < -0.39 is 12.0 Å². The molecule has 0 saturated carbocycles. The van der Waals surface area contributed by atoms with E-state index >= 15 is 0 Å². The summed E-state index contributed by atoms with van der Waals surface area (Å²) in [6.45, 7) is 4.91. The first-order valence-electron chi connectivity index (χ1n) is 4.83. The number of halogens is 2. The lowest BCUT2D eigenvalue weighted by Crippen LogP contribution is -2.31. The van der Waals surface area contributed by atoms with E-state index in [1.165, 1.54) is 6.07 Å². The summed E-state index contributed by atoms with van der Waals surface area (Å²) in [6, 6.07) is 4.81. The van der Waals surface area contributed by atoms with Gasteiger partial charge >= 0.3 is 0 Å². The molecule has 0 spiro atoms. The molecule has 0 saturated heterocycles. The van der Waals surface area contributed by atoms with Crippen LogP contribution in [0.5, 0.6) is 0 Å². The number of alkyl halides is 2. The predicted octanol–water partition coefficient (Wildman–Crippen LogP) is 2.68. The molecule has 84 valence electrons. The second-order valence-corrected chi connectivity index (χ2v) is 4.05. The van der Waals surface area contributed by atoms with Crippen molar-refractivity contribution in [3.63, 3.8) is 0 Å². The fourth-order valence-electron chi connectivity index (χ4n) is 1.17. The first-order chi connectivity index (χ1) is 6.85. The molecule has 0 radical (unpaired) electrons. The van der Waals surface area contributed by atoms with Gasteiger partial charge in [0.25, 0.3) is 6.43 Å². The van der Waals surface area contributed by atoms with Crippen molar-refractivity contribution in [1.82, 2.24) is 4.98 Å². The molecule has 2 nitrogen and oxygen atoms in total.